The summed E-state index contributed by atoms with van der Waals surface area (Å²) in [7, 11) is 1.91. The van der Waals surface area contributed by atoms with E-state index in [0.29, 0.717) is 32.7 Å². The lowest BCUT2D eigenvalue weighted by Crippen LogP contribution is -2.55. The number of carbonyl (C=O) groups is 2. The summed E-state index contributed by atoms with van der Waals surface area (Å²) < 4.78 is 1.98. The number of carbonyl (C=O) groups excluding carboxylic acids is 2. The Morgan fingerprint density at radius 2 is 2.11 bits per heavy atom. The number of para-hydroxylation sites is 2. The van der Waals surface area contributed by atoms with E-state index >= 15 is 0 Å². The minimum Gasteiger partial charge on any atom is -0.335 e. The number of amides is 2. The summed E-state index contributed by atoms with van der Waals surface area (Å²) in [5.74, 6) is 3.32. The van der Waals surface area contributed by atoms with E-state index in [0.717, 1.165) is 27.4 Å². The van der Waals surface area contributed by atoms with Crippen LogP contribution >= 0.6 is 11.3 Å². The lowest BCUT2D eigenvalue weighted by atomic mass is 10.1. The highest BCUT2D eigenvalue weighted by Gasteiger charge is 2.30. The molecule has 1 aromatic carbocycles. The first-order valence-electron chi connectivity index (χ1n) is 11.6. The maximum Gasteiger partial charge on any atom is 0.246 e. The highest BCUT2D eigenvalue weighted by molar-refractivity contribution is 7.13. The van der Waals surface area contributed by atoms with Gasteiger partial charge in [0.05, 0.1) is 33.7 Å². The molecule has 182 valence electrons. The molecule has 1 atom stereocenters. The monoisotopic (exact) mass is 490 g/mol. The van der Waals surface area contributed by atoms with Crippen molar-refractivity contribution in [3.63, 3.8) is 0 Å². The molecule has 3 aromatic rings. The van der Waals surface area contributed by atoms with Crippen molar-refractivity contribution in [1.82, 2.24) is 29.2 Å². The lowest BCUT2D eigenvalue weighted by molar-refractivity contribution is -0.140. The molecule has 0 N–H and O–H groups in total. The number of fused-ring (bicyclic) bond motifs is 1. The Bertz CT molecular complexity index is 1290. The van der Waals surface area contributed by atoms with E-state index in [1.165, 1.54) is 11.3 Å². The van der Waals surface area contributed by atoms with E-state index in [1.807, 2.05) is 65.6 Å². The van der Waals surface area contributed by atoms with Crippen LogP contribution < -0.4 is 0 Å². The molecule has 1 fully saturated rings. The van der Waals surface area contributed by atoms with Crippen LogP contribution in [0.25, 0.3) is 21.7 Å². The van der Waals surface area contributed by atoms with Gasteiger partial charge in [-0.2, -0.15) is 0 Å². The van der Waals surface area contributed by atoms with Gasteiger partial charge in [0.25, 0.3) is 0 Å². The fourth-order valence-corrected chi connectivity index (χ4v) is 5.14. The molecule has 2 amide bonds. The van der Waals surface area contributed by atoms with Gasteiger partial charge < -0.3 is 14.4 Å². The van der Waals surface area contributed by atoms with E-state index < -0.39 is 0 Å². The van der Waals surface area contributed by atoms with Crippen molar-refractivity contribution in [1.29, 1.82) is 0 Å². The molecule has 0 aliphatic carbocycles. The summed E-state index contributed by atoms with van der Waals surface area (Å²) in [5, 5.41) is 0. The largest absolute Gasteiger partial charge is 0.335 e. The van der Waals surface area contributed by atoms with Crippen molar-refractivity contribution in [2.24, 2.45) is 0 Å². The van der Waals surface area contributed by atoms with Gasteiger partial charge in [0.1, 0.15) is 6.54 Å². The van der Waals surface area contributed by atoms with Gasteiger partial charge in [0.2, 0.25) is 11.8 Å². The van der Waals surface area contributed by atoms with Gasteiger partial charge in [-0.05, 0) is 33.0 Å². The zero-order valence-corrected chi connectivity index (χ0v) is 21.2. The molecule has 1 saturated heterocycles. The van der Waals surface area contributed by atoms with Crippen LogP contribution in [0.4, 0.5) is 0 Å². The number of imidazole rings is 1. The van der Waals surface area contributed by atoms with Gasteiger partial charge in [-0.25, -0.2) is 9.97 Å². The van der Waals surface area contributed by atoms with Crippen LogP contribution in [0.1, 0.15) is 12.6 Å². The Balaban J connectivity index is 1.45. The number of hydrogen-bond donors (Lipinski definition) is 0. The molecule has 3 heterocycles. The predicted octanol–water partition coefficient (Wildman–Crippen LogP) is 2.65. The fraction of sp³-hybridized carbons (Fsp3) is 0.385. The Hall–Kier alpha value is -3.48. The summed E-state index contributed by atoms with van der Waals surface area (Å²) in [4.78, 5) is 41.8. The molecular weight excluding hydrogens is 460 g/mol. The smallest absolute Gasteiger partial charge is 0.246 e. The molecule has 9 heteroatoms. The normalized spacial score (nSPS) is 16.4. The van der Waals surface area contributed by atoms with Crippen molar-refractivity contribution in [2.75, 3.05) is 39.8 Å². The molecule has 0 radical (unpaired) electrons. The highest BCUT2D eigenvalue weighted by atomic mass is 32.1. The number of piperazine rings is 1. The summed E-state index contributed by atoms with van der Waals surface area (Å²) in [6.07, 6.45) is 8.73. The minimum absolute atomic E-state index is 0.0163. The second-order valence-corrected chi connectivity index (χ2v) is 9.66. The Kier molecular flexibility index (Phi) is 7.63. The molecule has 8 nitrogen and oxygen atoms in total. The quantitative estimate of drug-likeness (QED) is 0.376. The maximum absolute atomic E-state index is 13.4. The third-order valence-corrected chi connectivity index (χ3v) is 7.12. The van der Waals surface area contributed by atoms with Crippen LogP contribution in [0.5, 0.6) is 0 Å². The highest BCUT2D eigenvalue weighted by Crippen LogP contribution is 2.30. The molecule has 35 heavy (non-hydrogen) atoms. The van der Waals surface area contributed by atoms with Crippen molar-refractivity contribution < 1.29 is 9.59 Å². The molecule has 0 saturated carbocycles. The molecule has 0 bridgehead atoms. The van der Waals surface area contributed by atoms with Crippen LogP contribution in [0, 0.1) is 19.3 Å². The third kappa shape index (κ3) is 5.45. The molecule has 4 rings (SSSR count). The first-order chi connectivity index (χ1) is 16.9. The third-order valence-electron chi connectivity index (χ3n) is 6.19. The summed E-state index contributed by atoms with van der Waals surface area (Å²) in [6.45, 7) is 6.78. The van der Waals surface area contributed by atoms with Gasteiger partial charge in [-0.3, -0.25) is 14.5 Å². The number of aryl methyl sites for hydroxylation is 1. The SMILES string of the molecule is C#CCN(C)C/C=C/C(=O)N1CCN(C(=O)Cn2c(-c3scnc3C)nc3ccccc32)[C@@H](C)C1. The van der Waals surface area contributed by atoms with Crippen LogP contribution in [0.15, 0.2) is 41.9 Å². The van der Waals surface area contributed by atoms with E-state index in [9.17, 15) is 9.59 Å². The Labute approximate surface area is 209 Å². The second-order valence-electron chi connectivity index (χ2n) is 8.80. The lowest BCUT2D eigenvalue weighted by Gasteiger charge is -2.39. The molecular formula is C26H30N6O2S. The molecule has 2 aromatic heterocycles. The first-order valence-corrected chi connectivity index (χ1v) is 12.5. The van der Waals surface area contributed by atoms with Gasteiger partial charge in [0, 0.05) is 38.3 Å². The van der Waals surface area contributed by atoms with E-state index in [2.05, 4.69) is 10.9 Å². The van der Waals surface area contributed by atoms with Crippen molar-refractivity contribution in [2.45, 2.75) is 26.4 Å². The Morgan fingerprint density at radius 1 is 1.31 bits per heavy atom. The van der Waals surface area contributed by atoms with Crippen molar-refractivity contribution in [3.05, 3.63) is 47.6 Å². The van der Waals surface area contributed by atoms with Crippen molar-refractivity contribution >= 4 is 34.2 Å². The molecule has 1 aliphatic rings. The first kappa shape index (κ1) is 24.6. The minimum atomic E-state index is -0.0823. The zero-order valence-electron chi connectivity index (χ0n) is 20.3. The standard InChI is InChI=1S/C26H30N6O2S/c1-5-12-29(4)13-8-11-23(33)30-14-15-31(19(2)16-30)24(34)17-32-22-10-7-6-9-21(22)28-26(32)25-20(3)27-18-35-25/h1,6-11,18-19H,12-17H2,2-4H3/b11-8+/t19-/m0/s1. The van der Waals surface area contributed by atoms with Crippen LogP contribution in [0.2, 0.25) is 0 Å². The van der Waals surface area contributed by atoms with E-state index in [-0.39, 0.29) is 24.4 Å². The van der Waals surface area contributed by atoms with Gasteiger partial charge >= 0.3 is 0 Å². The van der Waals surface area contributed by atoms with Gasteiger partial charge in [0.15, 0.2) is 5.82 Å². The average Bonchev–Trinajstić information content (AvgIpc) is 3.42. The zero-order chi connectivity index (χ0) is 24.9. The Morgan fingerprint density at radius 3 is 2.83 bits per heavy atom. The maximum atomic E-state index is 13.4. The summed E-state index contributed by atoms with van der Waals surface area (Å²) >= 11 is 1.53. The van der Waals surface area contributed by atoms with E-state index in [1.54, 1.807) is 16.5 Å². The number of thiazole rings is 1. The number of aromatic nitrogens is 3. The second kappa shape index (κ2) is 10.8. The number of terminal acetylenes is 1. The number of benzene rings is 1. The summed E-state index contributed by atoms with van der Waals surface area (Å²) in [6, 6.07) is 7.77. The van der Waals surface area contributed by atoms with Crippen LogP contribution in [0.3, 0.4) is 0 Å². The number of likely N-dealkylation sites (N-methyl/N-ethyl adjacent to an activating group) is 1. The average molecular weight is 491 g/mol. The number of hydrogen-bond acceptors (Lipinski definition) is 6. The number of rotatable bonds is 7. The van der Waals surface area contributed by atoms with Gasteiger partial charge in [-0.15, -0.1) is 17.8 Å². The predicted molar refractivity (Wildman–Crippen MR) is 139 cm³/mol. The summed E-state index contributed by atoms with van der Waals surface area (Å²) in [5.41, 5.74) is 4.48. The number of nitrogens with zero attached hydrogens (tertiary/aromatic N) is 6. The molecule has 0 unspecified atom stereocenters. The van der Waals surface area contributed by atoms with Gasteiger partial charge in [-0.1, -0.05) is 24.1 Å². The van der Waals surface area contributed by atoms with Crippen molar-refractivity contribution in [3.8, 4) is 23.0 Å². The topological polar surface area (TPSA) is 74.6 Å². The molecule has 0 spiro atoms. The van der Waals surface area contributed by atoms with Crippen LogP contribution in [-0.2, 0) is 16.1 Å². The molecule has 1 aliphatic heterocycles. The van der Waals surface area contributed by atoms with Crippen LogP contribution in [-0.4, -0.2) is 86.9 Å². The van der Waals surface area contributed by atoms with E-state index in [4.69, 9.17) is 11.4 Å². The fourth-order valence-electron chi connectivity index (χ4n) is 4.34.